The highest BCUT2D eigenvalue weighted by Crippen LogP contribution is 2.42. The maximum Gasteiger partial charge on any atom is 0.201 e. The molecule has 0 unspecified atom stereocenters. The van der Waals surface area contributed by atoms with Gasteiger partial charge in [0.25, 0.3) is 0 Å². The van der Waals surface area contributed by atoms with Crippen LogP contribution in [-0.4, -0.2) is 56.2 Å². The molecule has 37 heavy (non-hydrogen) atoms. The number of carbonyl (C=O) groups excluding carboxylic acids is 3. The van der Waals surface area contributed by atoms with E-state index in [1.807, 2.05) is 31.2 Å². The Morgan fingerprint density at radius 1 is 0.730 bits per heavy atom. The zero-order valence-electron chi connectivity index (χ0n) is 25.4. The van der Waals surface area contributed by atoms with Crippen molar-refractivity contribution in [3.05, 3.63) is 29.8 Å². The molecule has 0 saturated heterocycles. The minimum absolute atomic E-state index is 0.0449. The molecule has 0 aliphatic carbocycles. The Hall–Kier alpha value is -1.87. The second-order valence-electron chi connectivity index (χ2n) is 10.4. The third-order valence-electron chi connectivity index (χ3n) is 6.48. The lowest BCUT2D eigenvalue weighted by Gasteiger charge is -2.43. The molecule has 0 radical (unpaired) electrons. The molecule has 1 N–H and O–H groups in total. The zero-order valence-corrected chi connectivity index (χ0v) is 26.4. The fraction of sp³-hybridized carbons (Fsp3) is 0.690. The molecule has 0 saturated carbocycles. The van der Waals surface area contributed by atoms with Gasteiger partial charge in [-0.1, -0.05) is 53.7 Å². The smallest absolute Gasteiger partial charge is 0.201 e. The van der Waals surface area contributed by atoms with Crippen LogP contribution in [0.4, 0.5) is 0 Å². The van der Waals surface area contributed by atoms with Crippen LogP contribution in [0.5, 0.6) is 5.75 Å². The average molecular weight is 541 g/mol. The molecule has 0 aromatic heterocycles. The van der Waals surface area contributed by atoms with E-state index >= 15 is 0 Å². The maximum absolute atomic E-state index is 11.4. The summed E-state index contributed by atoms with van der Waals surface area (Å²) in [5.74, 6) is 0.815. The molecule has 0 amide bonds. The first-order valence-electron chi connectivity index (χ1n) is 13.1. The monoisotopic (exact) mass is 540 g/mol. The van der Waals surface area contributed by atoms with Crippen LogP contribution in [0, 0.1) is 0 Å². The lowest BCUT2D eigenvalue weighted by molar-refractivity contribution is -0.128. The molecule has 8 heteroatoms. The van der Waals surface area contributed by atoms with E-state index in [0.29, 0.717) is 23.2 Å². The normalized spacial score (nSPS) is 13.6. The number of methoxy groups -OCH3 is 1. The summed E-state index contributed by atoms with van der Waals surface area (Å²) in [7, 11) is -0.246. The van der Waals surface area contributed by atoms with Gasteiger partial charge in [0, 0.05) is 0 Å². The van der Waals surface area contributed by atoms with Crippen LogP contribution in [0.3, 0.4) is 0 Å². The van der Waals surface area contributed by atoms with E-state index in [9.17, 15) is 14.4 Å². The Kier molecular flexibility index (Phi) is 18.5. The van der Waals surface area contributed by atoms with Gasteiger partial charge in [-0.2, -0.15) is 0 Å². The van der Waals surface area contributed by atoms with Gasteiger partial charge < -0.3 is 19.0 Å². The molecule has 0 aliphatic rings. The average Bonchev–Trinajstić information content (AvgIpc) is 2.80. The highest BCUT2D eigenvalue weighted by atomic mass is 28.4. The number of aliphatic hydroxyl groups is 1. The topological polar surface area (TPSA) is 99.1 Å². The highest BCUT2D eigenvalue weighted by Gasteiger charge is 2.46. The number of carbonyl (C=O) groups is 3. The van der Waals surface area contributed by atoms with Gasteiger partial charge in [-0.15, -0.1) is 0 Å². The lowest BCUT2D eigenvalue weighted by atomic mass is 10.2. The lowest BCUT2D eigenvalue weighted by Crippen LogP contribution is -2.50. The summed E-state index contributed by atoms with van der Waals surface area (Å²) in [6.45, 7) is 23.4. The van der Waals surface area contributed by atoms with Crippen molar-refractivity contribution in [2.75, 3.05) is 7.11 Å². The van der Waals surface area contributed by atoms with Gasteiger partial charge in [-0.25, -0.2) is 0 Å². The van der Waals surface area contributed by atoms with Crippen LogP contribution in [0.2, 0.25) is 16.6 Å². The van der Waals surface area contributed by atoms with Crippen molar-refractivity contribution < 1.29 is 33.4 Å². The first-order chi connectivity index (χ1) is 16.9. The summed E-state index contributed by atoms with van der Waals surface area (Å²) in [5.41, 5.74) is 2.64. The number of ketones is 3. The minimum Gasteiger partial charge on any atom is -0.497 e. The number of rotatable bonds is 12. The summed E-state index contributed by atoms with van der Waals surface area (Å²) >= 11 is 0. The quantitative estimate of drug-likeness (QED) is 0.311. The third kappa shape index (κ3) is 14.0. The van der Waals surface area contributed by atoms with Crippen LogP contribution in [-0.2, 0) is 30.2 Å². The van der Waals surface area contributed by atoms with Crippen molar-refractivity contribution in [2.24, 2.45) is 0 Å². The van der Waals surface area contributed by atoms with Crippen molar-refractivity contribution in [2.45, 2.75) is 125 Å². The first kappa shape index (κ1) is 37.3. The van der Waals surface area contributed by atoms with E-state index in [1.165, 1.54) is 20.8 Å². The molecule has 0 aliphatic heterocycles. The minimum atomic E-state index is -1.87. The molecule has 1 aromatic rings. The van der Waals surface area contributed by atoms with Crippen LogP contribution in [0.25, 0.3) is 0 Å². The molecule has 214 valence electrons. The summed E-state index contributed by atoms with van der Waals surface area (Å²) < 4.78 is 16.7. The molecule has 0 bridgehead atoms. The number of hydrogen-bond acceptors (Lipinski definition) is 7. The molecular weight excluding hydrogens is 488 g/mol. The first-order valence-corrected chi connectivity index (χ1v) is 15.2. The summed E-state index contributed by atoms with van der Waals surface area (Å²) in [6, 6.07) is 7.59. The molecule has 1 rings (SSSR count). The number of ether oxygens (including phenoxy) is 2. The van der Waals surface area contributed by atoms with Gasteiger partial charge in [-0.05, 0) is 75.9 Å². The van der Waals surface area contributed by atoms with Crippen molar-refractivity contribution in [1.82, 2.24) is 0 Å². The summed E-state index contributed by atoms with van der Waals surface area (Å²) in [6.07, 6.45) is -1.38. The van der Waals surface area contributed by atoms with Crippen molar-refractivity contribution >= 4 is 25.7 Å². The van der Waals surface area contributed by atoms with E-state index < -0.39 is 14.4 Å². The fourth-order valence-corrected chi connectivity index (χ4v) is 9.45. The predicted octanol–water partition coefficient (Wildman–Crippen LogP) is 6.30. The van der Waals surface area contributed by atoms with Crippen molar-refractivity contribution in [3.8, 4) is 5.75 Å². The standard InChI is InChI=1S/C13H28O2Si.C12H16O3.C4H8O2/c1-9(2)16(10(3)4,11(5)6)15-13(8)12(7)14;1-9(13)10(2)15-8-11-4-6-12(14-3)7-5-11;1-3(5)4(2)6/h9-11,13H,1-8H3;4-7,10H,8H2,1-3H3;3,5H,1-2H3/t13-;10-;3-/m000/s1. The zero-order chi connectivity index (χ0) is 29.5. The maximum atomic E-state index is 11.4. The van der Waals surface area contributed by atoms with Gasteiger partial charge in [0.2, 0.25) is 8.32 Å². The molecule has 1 aromatic carbocycles. The van der Waals surface area contributed by atoms with Gasteiger partial charge in [-0.3, -0.25) is 14.4 Å². The SMILES string of the molecule is CC(=O)[C@H](C)O.CC(=O)[C@H](C)O[Si](C(C)C)(C(C)C)C(C)C.COc1ccc(CO[C@@H](C)C(C)=O)cc1. The predicted molar refractivity (Wildman–Crippen MR) is 153 cm³/mol. The molecule has 7 nitrogen and oxygen atoms in total. The number of aliphatic hydroxyl groups excluding tert-OH is 1. The fourth-order valence-electron chi connectivity index (χ4n) is 3.86. The van der Waals surface area contributed by atoms with Crippen molar-refractivity contribution in [1.29, 1.82) is 0 Å². The van der Waals surface area contributed by atoms with Crippen molar-refractivity contribution in [3.63, 3.8) is 0 Å². The molecule has 3 atom stereocenters. The highest BCUT2D eigenvalue weighted by molar-refractivity contribution is 6.77. The van der Waals surface area contributed by atoms with E-state index in [4.69, 9.17) is 19.0 Å². The van der Waals surface area contributed by atoms with Gasteiger partial charge >= 0.3 is 0 Å². The number of benzene rings is 1. The second kappa shape index (κ2) is 18.4. The molecule has 0 spiro atoms. The van der Waals surface area contributed by atoms with Gasteiger partial charge in [0.05, 0.1) is 13.7 Å². The number of hydrogen-bond donors (Lipinski definition) is 1. The van der Waals surface area contributed by atoms with Crippen LogP contribution in [0.15, 0.2) is 24.3 Å². The van der Waals surface area contributed by atoms with Crippen LogP contribution >= 0.6 is 0 Å². The van der Waals surface area contributed by atoms with Crippen LogP contribution < -0.4 is 4.74 Å². The van der Waals surface area contributed by atoms with Crippen LogP contribution in [0.1, 0.15) is 88.6 Å². The second-order valence-corrected chi connectivity index (χ2v) is 15.8. The van der Waals surface area contributed by atoms with Gasteiger partial charge in [0.1, 0.15) is 24.1 Å². The Labute approximate surface area is 226 Å². The Morgan fingerprint density at radius 3 is 1.38 bits per heavy atom. The molecule has 0 heterocycles. The van der Waals surface area contributed by atoms with E-state index in [1.54, 1.807) is 21.0 Å². The Morgan fingerprint density at radius 2 is 1.11 bits per heavy atom. The Bertz CT molecular complexity index is 779. The van der Waals surface area contributed by atoms with E-state index in [2.05, 4.69) is 41.5 Å². The summed E-state index contributed by atoms with van der Waals surface area (Å²) in [5, 5.41) is 8.28. The Balaban J connectivity index is 0. The van der Waals surface area contributed by atoms with Gasteiger partial charge in [0.15, 0.2) is 17.3 Å². The largest absolute Gasteiger partial charge is 0.497 e. The summed E-state index contributed by atoms with van der Waals surface area (Å²) in [4.78, 5) is 32.2. The number of Topliss-reactive ketones (excluding diaryl/α,β-unsaturated/α-hetero) is 3. The third-order valence-corrected chi connectivity index (χ3v) is 12.7. The van der Waals surface area contributed by atoms with E-state index in [-0.39, 0.29) is 29.6 Å². The molecule has 0 fully saturated rings. The molecular formula is C29H52O7Si. The van der Waals surface area contributed by atoms with E-state index in [0.717, 1.165) is 11.3 Å².